The van der Waals surface area contributed by atoms with Gasteiger partial charge in [-0.1, -0.05) is 31.2 Å². The van der Waals surface area contributed by atoms with Crippen LogP contribution in [-0.4, -0.2) is 24.4 Å². The van der Waals surface area contributed by atoms with E-state index in [1.807, 2.05) is 51.1 Å². The van der Waals surface area contributed by atoms with E-state index in [-0.39, 0.29) is 18.7 Å². The van der Waals surface area contributed by atoms with Crippen LogP contribution in [0.1, 0.15) is 36.5 Å². The molecule has 0 bridgehead atoms. The largest absolute Gasteiger partial charge is 0.457 e. The molecule has 0 saturated heterocycles. The Morgan fingerprint density at radius 3 is 2.14 bits per heavy atom. The van der Waals surface area contributed by atoms with Crippen molar-refractivity contribution < 1.29 is 23.9 Å². The van der Waals surface area contributed by atoms with Crippen LogP contribution in [0.15, 0.2) is 66.7 Å². The van der Waals surface area contributed by atoms with Crippen LogP contribution in [0.2, 0.25) is 0 Å². The molecule has 7 heteroatoms. The second-order valence-electron chi connectivity index (χ2n) is 8.22. The SMILES string of the molecule is CCc1ccccc1NC(=O)COC(=O)CCC(=O)Nc1ccc(Oc2cc(C)cc(C)c2)cc1. The lowest BCUT2D eigenvalue weighted by molar-refractivity contribution is -0.147. The maximum atomic E-state index is 12.2. The molecule has 0 aliphatic rings. The third-order valence-corrected chi connectivity index (χ3v) is 5.16. The molecule has 0 unspecified atom stereocenters. The van der Waals surface area contributed by atoms with Crippen LogP contribution in [0.3, 0.4) is 0 Å². The summed E-state index contributed by atoms with van der Waals surface area (Å²) in [4.78, 5) is 36.2. The minimum absolute atomic E-state index is 0.0556. The molecule has 0 saturated carbocycles. The number of rotatable bonds is 10. The molecule has 2 amide bonds. The Bertz CT molecular complexity index is 1170. The van der Waals surface area contributed by atoms with Crippen molar-refractivity contribution in [2.75, 3.05) is 17.2 Å². The summed E-state index contributed by atoms with van der Waals surface area (Å²) in [5.74, 6) is 0.0341. The van der Waals surface area contributed by atoms with Gasteiger partial charge >= 0.3 is 5.97 Å². The Labute approximate surface area is 205 Å². The lowest BCUT2D eigenvalue weighted by Crippen LogP contribution is -2.22. The van der Waals surface area contributed by atoms with Crippen LogP contribution in [0.4, 0.5) is 11.4 Å². The van der Waals surface area contributed by atoms with Gasteiger partial charge in [-0.2, -0.15) is 0 Å². The first-order valence-corrected chi connectivity index (χ1v) is 11.5. The van der Waals surface area contributed by atoms with E-state index in [1.54, 1.807) is 30.3 Å². The van der Waals surface area contributed by atoms with Gasteiger partial charge in [0.1, 0.15) is 11.5 Å². The quantitative estimate of drug-likeness (QED) is 0.375. The zero-order chi connectivity index (χ0) is 25.2. The van der Waals surface area contributed by atoms with Crippen molar-refractivity contribution in [2.45, 2.75) is 40.0 Å². The molecule has 2 N–H and O–H groups in total. The van der Waals surface area contributed by atoms with E-state index < -0.39 is 18.5 Å². The maximum absolute atomic E-state index is 12.2. The lowest BCUT2D eigenvalue weighted by Gasteiger charge is -2.10. The van der Waals surface area contributed by atoms with Gasteiger partial charge in [0.25, 0.3) is 5.91 Å². The first-order chi connectivity index (χ1) is 16.8. The molecule has 0 radical (unpaired) electrons. The van der Waals surface area contributed by atoms with Gasteiger partial charge in [-0.15, -0.1) is 0 Å². The van der Waals surface area contributed by atoms with Crippen molar-refractivity contribution in [3.05, 3.63) is 83.4 Å². The van der Waals surface area contributed by atoms with Crippen molar-refractivity contribution >= 4 is 29.2 Å². The standard InChI is InChI=1S/C28H30N2O5/c1-4-21-7-5-6-8-25(21)30-27(32)18-34-28(33)14-13-26(31)29-22-9-11-23(12-10-22)35-24-16-19(2)15-20(3)17-24/h5-12,15-17H,4,13-14,18H2,1-3H3,(H,29,31)(H,30,32). The number of nitrogens with one attached hydrogen (secondary N) is 2. The van der Waals surface area contributed by atoms with Crippen molar-refractivity contribution in [2.24, 2.45) is 0 Å². The Morgan fingerprint density at radius 2 is 1.46 bits per heavy atom. The van der Waals surface area contributed by atoms with Gasteiger partial charge in [0, 0.05) is 17.8 Å². The fraction of sp³-hybridized carbons (Fsp3) is 0.250. The average Bonchev–Trinajstić information content (AvgIpc) is 2.82. The molecule has 0 atom stereocenters. The molecule has 35 heavy (non-hydrogen) atoms. The van der Waals surface area contributed by atoms with Crippen molar-refractivity contribution in [3.8, 4) is 11.5 Å². The van der Waals surface area contributed by atoms with Gasteiger partial charge in [0.05, 0.1) is 6.42 Å². The molecule has 7 nitrogen and oxygen atoms in total. The Kier molecular flexibility index (Phi) is 9.01. The summed E-state index contributed by atoms with van der Waals surface area (Å²) < 4.78 is 10.9. The average molecular weight is 475 g/mol. The predicted molar refractivity (Wildman–Crippen MR) is 136 cm³/mol. The second kappa shape index (κ2) is 12.4. The number of esters is 1. The van der Waals surface area contributed by atoms with Gasteiger partial charge in [-0.3, -0.25) is 14.4 Å². The van der Waals surface area contributed by atoms with E-state index in [2.05, 4.69) is 16.7 Å². The third kappa shape index (κ3) is 8.30. The molecule has 182 valence electrons. The minimum Gasteiger partial charge on any atom is -0.457 e. The highest BCUT2D eigenvalue weighted by atomic mass is 16.5. The highest BCUT2D eigenvalue weighted by molar-refractivity contribution is 5.94. The van der Waals surface area contributed by atoms with Gasteiger partial charge in [0.15, 0.2) is 6.61 Å². The smallest absolute Gasteiger partial charge is 0.306 e. The van der Waals surface area contributed by atoms with Crippen LogP contribution in [-0.2, 0) is 25.5 Å². The normalized spacial score (nSPS) is 10.4. The molecule has 3 rings (SSSR count). The van der Waals surface area contributed by atoms with Gasteiger partial charge in [0.2, 0.25) is 5.91 Å². The number of aryl methyl sites for hydroxylation is 3. The number of benzene rings is 3. The number of hydrogen-bond acceptors (Lipinski definition) is 5. The minimum atomic E-state index is -0.615. The van der Waals surface area contributed by atoms with Crippen LogP contribution in [0.25, 0.3) is 0 Å². The summed E-state index contributed by atoms with van der Waals surface area (Å²) in [6.07, 6.45) is 0.589. The number of carbonyl (C=O) groups excluding carboxylic acids is 3. The highest BCUT2D eigenvalue weighted by Gasteiger charge is 2.12. The van der Waals surface area contributed by atoms with Gasteiger partial charge in [-0.25, -0.2) is 0 Å². The molecule has 0 aliphatic heterocycles. The van der Waals surface area contributed by atoms with E-state index in [0.29, 0.717) is 17.1 Å². The zero-order valence-corrected chi connectivity index (χ0v) is 20.2. The first kappa shape index (κ1) is 25.5. The molecule has 0 aromatic heterocycles. The number of hydrogen-bond donors (Lipinski definition) is 2. The third-order valence-electron chi connectivity index (χ3n) is 5.16. The molecule has 3 aromatic carbocycles. The highest BCUT2D eigenvalue weighted by Crippen LogP contribution is 2.25. The Balaban J connectivity index is 1.39. The lowest BCUT2D eigenvalue weighted by atomic mass is 10.1. The molecule has 0 aliphatic carbocycles. The number of anilines is 2. The van der Waals surface area contributed by atoms with E-state index in [0.717, 1.165) is 28.9 Å². The number of para-hydroxylation sites is 1. The van der Waals surface area contributed by atoms with Crippen molar-refractivity contribution in [1.29, 1.82) is 0 Å². The summed E-state index contributed by atoms with van der Waals surface area (Å²) >= 11 is 0. The van der Waals surface area contributed by atoms with Gasteiger partial charge in [-0.05, 0) is 79.4 Å². The number of amides is 2. The predicted octanol–water partition coefficient (Wildman–Crippen LogP) is 5.56. The van der Waals surface area contributed by atoms with Crippen LogP contribution in [0.5, 0.6) is 11.5 Å². The molecular weight excluding hydrogens is 444 g/mol. The second-order valence-corrected chi connectivity index (χ2v) is 8.22. The number of ether oxygens (including phenoxy) is 2. The number of carbonyl (C=O) groups is 3. The molecule has 0 spiro atoms. The van der Waals surface area contributed by atoms with E-state index in [4.69, 9.17) is 9.47 Å². The summed E-state index contributed by atoms with van der Waals surface area (Å²) in [5.41, 5.74) is 4.51. The first-order valence-electron chi connectivity index (χ1n) is 11.5. The molecule has 0 heterocycles. The van der Waals surface area contributed by atoms with Crippen LogP contribution >= 0.6 is 0 Å². The van der Waals surface area contributed by atoms with Crippen molar-refractivity contribution in [3.63, 3.8) is 0 Å². The van der Waals surface area contributed by atoms with Crippen molar-refractivity contribution in [1.82, 2.24) is 0 Å². The summed E-state index contributed by atoms with van der Waals surface area (Å²) in [6.45, 7) is 5.61. The summed E-state index contributed by atoms with van der Waals surface area (Å²) in [6, 6.07) is 20.4. The van der Waals surface area contributed by atoms with E-state index in [1.165, 1.54) is 0 Å². The topological polar surface area (TPSA) is 93.7 Å². The maximum Gasteiger partial charge on any atom is 0.306 e. The van der Waals surface area contributed by atoms with E-state index in [9.17, 15) is 14.4 Å². The monoisotopic (exact) mass is 474 g/mol. The molecule has 0 fully saturated rings. The fourth-order valence-corrected chi connectivity index (χ4v) is 3.53. The molecule has 3 aromatic rings. The summed E-state index contributed by atoms with van der Waals surface area (Å²) in [7, 11) is 0. The zero-order valence-electron chi connectivity index (χ0n) is 20.2. The summed E-state index contributed by atoms with van der Waals surface area (Å²) in [5, 5.41) is 5.47. The Hall–Kier alpha value is -4.13. The van der Waals surface area contributed by atoms with Crippen LogP contribution < -0.4 is 15.4 Å². The van der Waals surface area contributed by atoms with E-state index >= 15 is 0 Å². The van der Waals surface area contributed by atoms with Gasteiger partial charge < -0.3 is 20.1 Å². The van der Waals surface area contributed by atoms with Crippen LogP contribution in [0, 0.1) is 13.8 Å². The fourth-order valence-electron chi connectivity index (χ4n) is 3.53. The Morgan fingerprint density at radius 1 is 0.771 bits per heavy atom. The molecular formula is C28H30N2O5.